The summed E-state index contributed by atoms with van der Waals surface area (Å²) in [5, 5.41) is 15.6. The summed E-state index contributed by atoms with van der Waals surface area (Å²) in [6.45, 7) is 0.558. The van der Waals surface area contributed by atoms with Gasteiger partial charge in [0.1, 0.15) is 5.25 Å². The van der Waals surface area contributed by atoms with Crippen LogP contribution < -0.4 is 10.6 Å². The monoisotopic (exact) mass is 463 g/mol. The van der Waals surface area contributed by atoms with Crippen molar-refractivity contribution in [1.82, 2.24) is 25.4 Å². The van der Waals surface area contributed by atoms with E-state index in [1.165, 1.54) is 18.8 Å². The topological polar surface area (TPSA) is 88.9 Å². The van der Waals surface area contributed by atoms with Gasteiger partial charge < -0.3 is 5.32 Å². The minimum atomic E-state index is -0.677. The van der Waals surface area contributed by atoms with Crippen LogP contribution in [0.25, 0.3) is 10.7 Å². The van der Waals surface area contributed by atoms with Crippen molar-refractivity contribution in [2.45, 2.75) is 17.0 Å². The van der Waals surface area contributed by atoms with Crippen molar-refractivity contribution < 1.29 is 9.59 Å². The SMILES string of the molecule is CNC(=O)NC(=O)C(Sc1nnc(-c2cccs2)n1Cc1ccccc1)c1ccccc1. The number of imide groups is 1. The summed E-state index contributed by atoms with van der Waals surface area (Å²) in [4.78, 5) is 25.8. The van der Waals surface area contributed by atoms with Crippen molar-refractivity contribution in [2.24, 2.45) is 0 Å². The van der Waals surface area contributed by atoms with Crippen LogP contribution in [-0.2, 0) is 11.3 Å². The average molecular weight is 464 g/mol. The maximum absolute atomic E-state index is 13.0. The number of urea groups is 1. The quantitative estimate of drug-likeness (QED) is 0.398. The molecule has 0 fully saturated rings. The number of hydrogen-bond donors (Lipinski definition) is 2. The third kappa shape index (κ3) is 5.06. The second-order valence-electron chi connectivity index (χ2n) is 6.83. The summed E-state index contributed by atoms with van der Waals surface area (Å²) in [7, 11) is 1.47. The van der Waals surface area contributed by atoms with Crippen LogP contribution in [0.4, 0.5) is 4.79 Å². The average Bonchev–Trinajstić information content (AvgIpc) is 3.49. The lowest BCUT2D eigenvalue weighted by Gasteiger charge is -2.17. The van der Waals surface area contributed by atoms with E-state index in [0.29, 0.717) is 11.7 Å². The lowest BCUT2D eigenvalue weighted by Crippen LogP contribution is -2.39. The minimum absolute atomic E-state index is 0.424. The Morgan fingerprint density at radius 2 is 1.72 bits per heavy atom. The standard InChI is InChI=1S/C23H21N5O2S2/c1-24-22(30)25-21(29)19(17-11-6-3-7-12-17)32-23-27-26-20(18-13-8-14-31-18)28(23)15-16-9-4-2-5-10-16/h2-14,19H,15H2,1H3,(H2,24,25,29,30). The molecule has 7 nitrogen and oxygen atoms in total. The van der Waals surface area contributed by atoms with E-state index >= 15 is 0 Å². The van der Waals surface area contributed by atoms with Gasteiger partial charge in [-0.2, -0.15) is 0 Å². The Labute approximate surface area is 193 Å². The highest BCUT2D eigenvalue weighted by atomic mass is 32.2. The second-order valence-corrected chi connectivity index (χ2v) is 8.85. The van der Waals surface area contributed by atoms with E-state index in [-0.39, 0.29) is 0 Å². The van der Waals surface area contributed by atoms with E-state index in [1.807, 2.05) is 82.7 Å². The summed E-state index contributed by atoms with van der Waals surface area (Å²) in [6, 6.07) is 22.8. The lowest BCUT2D eigenvalue weighted by molar-refractivity contribution is -0.119. The highest BCUT2D eigenvalue weighted by Crippen LogP contribution is 2.37. The number of hydrogen-bond acceptors (Lipinski definition) is 6. The number of thioether (sulfide) groups is 1. The molecule has 4 rings (SSSR count). The fraction of sp³-hybridized carbons (Fsp3) is 0.130. The molecule has 0 aliphatic rings. The predicted molar refractivity (Wildman–Crippen MR) is 127 cm³/mol. The van der Waals surface area contributed by atoms with Crippen LogP contribution >= 0.6 is 23.1 Å². The van der Waals surface area contributed by atoms with Crippen LogP contribution in [-0.4, -0.2) is 33.8 Å². The molecule has 1 unspecified atom stereocenters. The van der Waals surface area contributed by atoms with Gasteiger partial charge in [0.15, 0.2) is 11.0 Å². The van der Waals surface area contributed by atoms with Crippen LogP contribution in [0.1, 0.15) is 16.4 Å². The molecule has 3 amide bonds. The normalized spacial score (nSPS) is 11.7. The molecule has 0 spiro atoms. The molecule has 2 heterocycles. The van der Waals surface area contributed by atoms with Gasteiger partial charge >= 0.3 is 6.03 Å². The van der Waals surface area contributed by atoms with Crippen LogP contribution in [0.3, 0.4) is 0 Å². The fourth-order valence-corrected chi connectivity index (χ4v) is 4.87. The van der Waals surface area contributed by atoms with Crippen LogP contribution in [0.5, 0.6) is 0 Å². The molecule has 0 aliphatic carbocycles. The fourth-order valence-electron chi connectivity index (χ4n) is 3.12. The maximum atomic E-state index is 13.0. The lowest BCUT2D eigenvalue weighted by atomic mass is 10.1. The Morgan fingerprint density at radius 1 is 1.00 bits per heavy atom. The van der Waals surface area contributed by atoms with E-state index in [2.05, 4.69) is 20.8 Å². The highest BCUT2D eigenvalue weighted by molar-refractivity contribution is 8.00. The van der Waals surface area contributed by atoms with Crippen molar-refractivity contribution in [1.29, 1.82) is 0 Å². The highest BCUT2D eigenvalue weighted by Gasteiger charge is 2.27. The predicted octanol–water partition coefficient (Wildman–Crippen LogP) is 4.34. The molecule has 1 atom stereocenters. The number of nitrogens with zero attached hydrogens (tertiary/aromatic N) is 3. The van der Waals surface area contributed by atoms with Crippen LogP contribution in [0.2, 0.25) is 0 Å². The number of carbonyl (C=O) groups excluding carboxylic acids is 2. The van der Waals surface area contributed by atoms with Crippen LogP contribution in [0, 0.1) is 0 Å². The summed E-state index contributed by atoms with van der Waals surface area (Å²) >= 11 is 2.85. The minimum Gasteiger partial charge on any atom is -0.341 e. The Hall–Kier alpha value is -3.43. The number of thiophene rings is 1. The van der Waals surface area contributed by atoms with Gasteiger partial charge in [-0.3, -0.25) is 14.7 Å². The largest absolute Gasteiger partial charge is 0.341 e. The van der Waals surface area contributed by atoms with E-state index < -0.39 is 17.2 Å². The Balaban J connectivity index is 1.71. The molecule has 2 N–H and O–H groups in total. The van der Waals surface area contributed by atoms with Crippen molar-refractivity contribution in [2.75, 3.05) is 7.05 Å². The number of nitrogens with one attached hydrogen (secondary N) is 2. The van der Waals surface area contributed by atoms with Crippen molar-refractivity contribution in [3.63, 3.8) is 0 Å². The molecule has 4 aromatic rings. The molecule has 9 heteroatoms. The van der Waals surface area contributed by atoms with E-state index in [0.717, 1.165) is 21.8 Å². The first-order valence-electron chi connectivity index (χ1n) is 9.91. The molecular formula is C23H21N5O2S2. The third-order valence-corrected chi connectivity index (χ3v) is 6.77. The smallest absolute Gasteiger partial charge is 0.321 e. The zero-order chi connectivity index (χ0) is 22.3. The molecule has 32 heavy (non-hydrogen) atoms. The van der Waals surface area contributed by atoms with Gasteiger partial charge in [-0.1, -0.05) is 78.5 Å². The number of amides is 3. The molecule has 162 valence electrons. The number of carbonyl (C=O) groups is 2. The van der Waals surface area contributed by atoms with Gasteiger partial charge in [-0.25, -0.2) is 4.79 Å². The Bertz CT molecular complexity index is 1180. The van der Waals surface area contributed by atoms with Gasteiger partial charge in [0.2, 0.25) is 5.91 Å². The van der Waals surface area contributed by atoms with Gasteiger partial charge in [-0.15, -0.1) is 21.5 Å². The molecule has 0 bridgehead atoms. The summed E-state index contributed by atoms with van der Waals surface area (Å²) in [5.41, 5.74) is 1.86. The van der Waals surface area contributed by atoms with E-state index in [1.54, 1.807) is 11.3 Å². The first kappa shape index (κ1) is 21.8. The summed E-state index contributed by atoms with van der Waals surface area (Å²) < 4.78 is 2.01. The third-order valence-electron chi connectivity index (χ3n) is 4.67. The molecule has 0 aliphatic heterocycles. The van der Waals surface area contributed by atoms with Crippen molar-refractivity contribution in [3.8, 4) is 10.7 Å². The zero-order valence-corrected chi connectivity index (χ0v) is 18.9. The maximum Gasteiger partial charge on any atom is 0.321 e. The summed E-state index contributed by atoms with van der Waals surface area (Å²) in [6.07, 6.45) is 0. The molecule has 0 saturated carbocycles. The van der Waals surface area contributed by atoms with Gasteiger partial charge in [0, 0.05) is 7.05 Å². The summed E-state index contributed by atoms with van der Waals surface area (Å²) in [5.74, 6) is 0.317. The first-order chi connectivity index (χ1) is 15.7. The Morgan fingerprint density at radius 3 is 2.38 bits per heavy atom. The molecule has 2 aromatic carbocycles. The van der Waals surface area contributed by atoms with E-state index in [9.17, 15) is 9.59 Å². The van der Waals surface area contributed by atoms with Crippen molar-refractivity contribution >= 4 is 35.0 Å². The molecule has 0 radical (unpaired) electrons. The molecular weight excluding hydrogens is 442 g/mol. The van der Waals surface area contributed by atoms with Gasteiger partial charge in [0.25, 0.3) is 0 Å². The first-order valence-corrected chi connectivity index (χ1v) is 11.7. The van der Waals surface area contributed by atoms with Gasteiger partial charge in [-0.05, 0) is 22.6 Å². The molecule has 0 saturated heterocycles. The van der Waals surface area contributed by atoms with Crippen molar-refractivity contribution in [3.05, 3.63) is 89.3 Å². The van der Waals surface area contributed by atoms with Crippen LogP contribution in [0.15, 0.2) is 83.3 Å². The molecule has 2 aromatic heterocycles. The number of rotatable bonds is 7. The number of aromatic nitrogens is 3. The zero-order valence-electron chi connectivity index (χ0n) is 17.3. The number of benzene rings is 2. The van der Waals surface area contributed by atoms with E-state index in [4.69, 9.17) is 0 Å². The van der Waals surface area contributed by atoms with Gasteiger partial charge in [0.05, 0.1) is 11.4 Å². The Kier molecular flexibility index (Phi) is 6.98. The second kappa shape index (κ2) is 10.3.